The quantitative estimate of drug-likeness (QED) is 0.745. The summed E-state index contributed by atoms with van der Waals surface area (Å²) in [5, 5.41) is 12.2. The van der Waals surface area contributed by atoms with E-state index in [1.165, 1.54) is 6.39 Å². The minimum absolute atomic E-state index is 0.0775. The molecule has 0 atom stereocenters. The summed E-state index contributed by atoms with van der Waals surface area (Å²) in [6, 6.07) is 11.5. The standard InChI is InChI=1S/C15H14N2O3/c18-9-14-6-5-13(20-14)7-17-12-3-1-11(2-4-12)15-8-16-10-19-15/h1-6,8,10,17-18H,7,9H2. The molecular formula is C15H14N2O3. The van der Waals surface area contributed by atoms with Crippen molar-refractivity contribution in [2.45, 2.75) is 13.2 Å². The van der Waals surface area contributed by atoms with Gasteiger partial charge in [-0.15, -0.1) is 0 Å². The average molecular weight is 270 g/mol. The summed E-state index contributed by atoms with van der Waals surface area (Å²) in [5.74, 6) is 2.10. The lowest BCUT2D eigenvalue weighted by Crippen LogP contribution is -1.97. The van der Waals surface area contributed by atoms with E-state index in [1.54, 1.807) is 12.3 Å². The van der Waals surface area contributed by atoms with Gasteiger partial charge in [-0.3, -0.25) is 0 Å². The molecule has 0 amide bonds. The van der Waals surface area contributed by atoms with Gasteiger partial charge in [-0.2, -0.15) is 0 Å². The molecule has 102 valence electrons. The zero-order chi connectivity index (χ0) is 13.8. The lowest BCUT2D eigenvalue weighted by Gasteiger charge is -2.05. The van der Waals surface area contributed by atoms with Crippen molar-refractivity contribution in [3.05, 3.63) is 60.5 Å². The summed E-state index contributed by atoms with van der Waals surface area (Å²) in [7, 11) is 0. The van der Waals surface area contributed by atoms with Crippen LogP contribution in [0, 0.1) is 0 Å². The fourth-order valence-electron chi connectivity index (χ4n) is 1.90. The highest BCUT2D eigenvalue weighted by atomic mass is 16.4. The maximum Gasteiger partial charge on any atom is 0.181 e. The molecule has 5 nitrogen and oxygen atoms in total. The van der Waals surface area contributed by atoms with Crippen molar-refractivity contribution in [1.82, 2.24) is 4.98 Å². The minimum Gasteiger partial charge on any atom is -0.462 e. The number of nitrogens with one attached hydrogen (secondary N) is 1. The van der Waals surface area contributed by atoms with E-state index < -0.39 is 0 Å². The van der Waals surface area contributed by atoms with Crippen molar-refractivity contribution in [1.29, 1.82) is 0 Å². The molecule has 20 heavy (non-hydrogen) atoms. The Kier molecular flexibility index (Phi) is 3.52. The second-order valence-corrected chi connectivity index (χ2v) is 4.32. The molecule has 3 rings (SSSR count). The SMILES string of the molecule is OCc1ccc(CNc2ccc(-c3cnco3)cc2)o1. The van der Waals surface area contributed by atoms with E-state index in [0.717, 1.165) is 22.8 Å². The van der Waals surface area contributed by atoms with Gasteiger partial charge in [-0.05, 0) is 36.4 Å². The monoisotopic (exact) mass is 270 g/mol. The number of hydrogen-bond acceptors (Lipinski definition) is 5. The molecule has 5 heteroatoms. The summed E-state index contributed by atoms with van der Waals surface area (Å²) in [4.78, 5) is 3.89. The van der Waals surface area contributed by atoms with E-state index in [4.69, 9.17) is 13.9 Å². The molecule has 0 aliphatic carbocycles. The molecule has 0 spiro atoms. The van der Waals surface area contributed by atoms with Gasteiger partial charge in [0, 0.05) is 11.3 Å². The molecule has 1 aromatic carbocycles. The minimum atomic E-state index is -0.0775. The van der Waals surface area contributed by atoms with Crippen LogP contribution in [0.1, 0.15) is 11.5 Å². The first-order chi connectivity index (χ1) is 9.85. The summed E-state index contributed by atoms with van der Waals surface area (Å²) >= 11 is 0. The third kappa shape index (κ3) is 2.73. The molecule has 0 bridgehead atoms. The molecule has 2 aromatic heterocycles. The Balaban J connectivity index is 1.63. The van der Waals surface area contributed by atoms with Gasteiger partial charge < -0.3 is 19.3 Å². The molecule has 0 unspecified atom stereocenters. The van der Waals surface area contributed by atoms with Gasteiger partial charge in [-0.25, -0.2) is 4.98 Å². The van der Waals surface area contributed by atoms with Crippen molar-refractivity contribution in [2.24, 2.45) is 0 Å². The third-order valence-electron chi connectivity index (χ3n) is 2.94. The predicted octanol–water partition coefficient (Wildman–Crippen LogP) is 3.04. The normalized spacial score (nSPS) is 10.7. The first kappa shape index (κ1) is 12.5. The van der Waals surface area contributed by atoms with Crippen LogP contribution >= 0.6 is 0 Å². The Bertz CT molecular complexity index is 657. The third-order valence-corrected chi connectivity index (χ3v) is 2.94. The van der Waals surface area contributed by atoms with E-state index in [9.17, 15) is 0 Å². The highest BCUT2D eigenvalue weighted by Gasteiger charge is 2.03. The molecule has 0 aliphatic heterocycles. The molecule has 0 saturated heterocycles. The van der Waals surface area contributed by atoms with Crippen molar-refractivity contribution < 1.29 is 13.9 Å². The lowest BCUT2D eigenvalue weighted by molar-refractivity contribution is 0.244. The number of oxazole rings is 1. The Hall–Kier alpha value is -2.53. The number of anilines is 1. The Morgan fingerprint density at radius 1 is 1.05 bits per heavy atom. The van der Waals surface area contributed by atoms with Gasteiger partial charge in [0.2, 0.25) is 0 Å². The zero-order valence-corrected chi connectivity index (χ0v) is 10.7. The van der Waals surface area contributed by atoms with Crippen LogP contribution < -0.4 is 5.32 Å². The topological polar surface area (TPSA) is 71.4 Å². The Morgan fingerprint density at radius 2 is 1.85 bits per heavy atom. The van der Waals surface area contributed by atoms with E-state index in [2.05, 4.69) is 10.3 Å². The van der Waals surface area contributed by atoms with Crippen LogP contribution in [0.4, 0.5) is 5.69 Å². The van der Waals surface area contributed by atoms with Gasteiger partial charge in [0.05, 0.1) is 12.7 Å². The van der Waals surface area contributed by atoms with Crippen LogP contribution in [0.5, 0.6) is 0 Å². The van der Waals surface area contributed by atoms with Crippen molar-refractivity contribution >= 4 is 5.69 Å². The highest BCUT2D eigenvalue weighted by Crippen LogP contribution is 2.21. The number of hydrogen-bond donors (Lipinski definition) is 2. The smallest absolute Gasteiger partial charge is 0.181 e. The van der Waals surface area contributed by atoms with Gasteiger partial charge >= 0.3 is 0 Å². The molecule has 0 aliphatic rings. The second-order valence-electron chi connectivity index (χ2n) is 4.32. The Morgan fingerprint density at radius 3 is 2.50 bits per heavy atom. The van der Waals surface area contributed by atoms with E-state index >= 15 is 0 Å². The van der Waals surface area contributed by atoms with Crippen molar-refractivity contribution in [3.63, 3.8) is 0 Å². The molecule has 0 saturated carbocycles. The van der Waals surface area contributed by atoms with E-state index in [1.807, 2.05) is 30.3 Å². The first-order valence-corrected chi connectivity index (χ1v) is 6.26. The largest absolute Gasteiger partial charge is 0.462 e. The fourth-order valence-corrected chi connectivity index (χ4v) is 1.90. The van der Waals surface area contributed by atoms with Gasteiger partial charge in [0.15, 0.2) is 12.2 Å². The van der Waals surface area contributed by atoms with Crippen molar-refractivity contribution in [3.8, 4) is 11.3 Å². The number of nitrogens with zero attached hydrogens (tertiary/aromatic N) is 1. The lowest BCUT2D eigenvalue weighted by atomic mass is 10.1. The summed E-state index contributed by atoms with van der Waals surface area (Å²) in [5.41, 5.74) is 1.96. The van der Waals surface area contributed by atoms with Crippen LogP contribution in [-0.2, 0) is 13.2 Å². The maximum atomic E-state index is 8.93. The number of benzene rings is 1. The number of aliphatic hydroxyl groups is 1. The molecule has 2 N–H and O–H groups in total. The Labute approximate surface area is 115 Å². The van der Waals surface area contributed by atoms with Gasteiger partial charge in [-0.1, -0.05) is 0 Å². The number of furan rings is 1. The van der Waals surface area contributed by atoms with Crippen LogP contribution in [0.15, 0.2) is 57.8 Å². The van der Waals surface area contributed by atoms with Crippen LogP contribution in [0.3, 0.4) is 0 Å². The second kappa shape index (κ2) is 5.63. The molecule has 2 heterocycles. The highest BCUT2D eigenvalue weighted by molar-refractivity contribution is 5.60. The van der Waals surface area contributed by atoms with Gasteiger partial charge in [0.25, 0.3) is 0 Å². The molecule has 3 aromatic rings. The molecule has 0 fully saturated rings. The number of aliphatic hydroxyl groups excluding tert-OH is 1. The predicted molar refractivity (Wildman–Crippen MR) is 73.9 cm³/mol. The van der Waals surface area contributed by atoms with Crippen molar-refractivity contribution in [2.75, 3.05) is 5.32 Å². The van der Waals surface area contributed by atoms with E-state index in [0.29, 0.717) is 12.3 Å². The number of aromatic nitrogens is 1. The molecule has 0 radical (unpaired) electrons. The van der Waals surface area contributed by atoms with Crippen LogP contribution in [-0.4, -0.2) is 10.1 Å². The first-order valence-electron chi connectivity index (χ1n) is 6.26. The molecular weight excluding hydrogens is 256 g/mol. The fraction of sp³-hybridized carbons (Fsp3) is 0.133. The van der Waals surface area contributed by atoms with Crippen LogP contribution in [0.25, 0.3) is 11.3 Å². The maximum absolute atomic E-state index is 8.93. The summed E-state index contributed by atoms with van der Waals surface area (Å²) in [6.07, 6.45) is 3.10. The number of rotatable bonds is 5. The van der Waals surface area contributed by atoms with Gasteiger partial charge in [0.1, 0.15) is 18.1 Å². The summed E-state index contributed by atoms with van der Waals surface area (Å²) < 4.78 is 10.6. The van der Waals surface area contributed by atoms with Crippen LogP contribution in [0.2, 0.25) is 0 Å². The summed E-state index contributed by atoms with van der Waals surface area (Å²) in [6.45, 7) is 0.494. The van der Waals surface area contributed by atoms with E-state index in [-0.39, 0.29) is 6.61 Å². The zero-order valence-electron chi connectivity index (χ0n) is 10.7. The average Bonchev–Trinajstić information content (AvgIpc) is 3.17.